The van der Waals surface area contributed by atoms with Crippen LogP contribution < -0.4 is 5.32 Å². The second-order valence-corrected chi connectivity index (χ2v) is 4.88. The SMILES string of the molecule is CC(=O)NC1C(=O)c2ccccc2N=C1c1ccccc1. The Morgan fingerprint density at radius 2 is 1.71 bits per heavy atom. The highest BCUT2D eigenvalue weighted by Crippen LogP contribution is 2.27. The number of nitrogens with zero attached hydrogens (tertiary/aromatic N) is 1. The number of ketones is 1. The number of hydrogen-bond donors (Lipinski definition) is 1. The summed E-state index contributed by atoms with van der Waals surface area (Å²) in [6.07, 6.45) is 0. The second-order valence-electron chi connectivity index (χ2n) is 4.88. The van der Waals surface area contributed by atoms with Gasteiger partial charge >= 0.3 is 0 Å². The molecule has 4 heteroatoms. The Kier molecular flexibility index (Phi) is 3.36. The predicted molar refractivity (Wildman–Crippen MR) is 81.0 cm³/mol. The first kappa shape index (κ1) is 13.2. The van der Waals surface area contributed by atoms with Gasteiger partial charge in [0, 0.05) is 12.5 Å². The molecular formula is C17H14N2O2. The van der Waals surface area contributed by atoms with Crippen molar-refractivity contribution in [2.24, 2.45) is 4.99 Å². The lowest BCUT2D eigenvalue weighted by Gasteiger charge is -2.24. The van der Waals surface area contributed by atoms with Crippen molar-refractivity contribution in [1.82, 2.24) is 5.32 Å². The van der Waals surface area contributed by atoms with Crippen LogP contribution in [-0.2, 0) is 4.79 Å². The third-order valence-electron chi connectivity index (χ3n) is 3.36. The fourth-order valence-electron chi connectivity index (χ4n) is 2.43. The number of amides is 1. The van der Waals surface area contributed by atoms with Crippen LogP contribution in [0, 0.1) is 0 Å². The lowest BCUT2D eigenvalue weighted by atomic mass is 9.91. The van der Waals surface area contributed by atoms with Crippen LogP contribution >= 0.6 is 0 Å². The van der Waals surface area contributed by atoms with Crippen molar-refractivity contribution in [3.8, 4) is 0 Å². The van der Waals surface area contributed by atoms with E-state index in [1.807, 2.05) is 36.4 Å². The van der Waals surface area contributed by atoms with Gasteiger partial charge in [-0.25, -0.2) is 4.99 Å². The Bertz CT molecular complexity index is 735. The fraction of sp³-hybridized carbons (Fsp3) is 0.118. The topological polar surface area (TPSA) is 58.5 Å². The number of benzene rings is 2. The zero-order chi connectivity index (χ0) is 14.8. The van der Waals surface area contributed by atoms with E-state index in [0.717, 1.165) is 5.56 Å². The molecule has 1 aliphatic heterocycles. The Hall–Kier alpha value is -2.75. The summed E-state index contributed by atoms with van der Waals surface area (Å²) in [6, 6.07) is 15.9. The number of aliphatic imine (C=N–C) groups is 1. The van der Waals surface area contributed by atoms with Crippen molar-refractivity contribution in [3.63, 3.8) is 0 Å². The number of para-hydroxylation sites is 1. The van der Waals surface area contributed by atoms with E-state index in [4.69, 9.17) is 0 Å². The second kappa shape index (κ2) is 5.32. The molecule has 0 aromatic heterocycles. The molecule has 1 unspecified atom stereocenters. The van der Waals surface area contributed by atoms with Crippen LogP contribution in [0.4, 0.5) is 5.69 Å². The van der Waals surface area contributed by atoms with Gasteiger partial charge in [-0.1, -0.05) is 42.5 Å². The van der Waals surface area contributed by atoms with E-state index in [9.17, 15) is 9.59 Å². The van der Waals surface area contributed by atoms with E-state index < -0.39 is 6.04 Å². The molecule has 0 spiro atoms. The highest BCUT2D eigenvalue weighted by Gasteiger charge is 2.32. The zero-order valence-corrected chi connectivity index (χ0v) is 11.5. The summed E-state index contributed by atoms with van der Waals surface area (Å²) in [5.41, 5.74) is 2.59. The third-order valence-corrected chi connectivity index (χ3v) is 3.36. The molecule has 0 saturated heterocycles. The number of fused-ring (bicyclic) bond motifs is 1. The molecule has 1 heterocycles. The summed E-state index contributed by atoms with van der Waals surface area (Å²) < 4.78 is 0. The smallest absolute Gasteiger partial charge is 0.217 e. The van der Waals surface area contributed by atoms with Gasteiger partial charge in [0.15, 0.2) is 5.78 Å². The van der Waals surface area contributed by atoms with Gasteiger partial charge < -0.3 is 5.32 Å². The van der Waals surface area contributed by atoms with Crippen molar-refractivity contribution in [2.45, 2.75) is 13.0 Å². The maximum atomic E-state index is 12.6. The van der Waals surface area contributed by atoms with E-state index in [0.29, 0.717) is 17.0 Å². The first-order valence-electron chi connectivity index (χ1n) is 6.71. The van der Waals surface area contributed by atoms with Gasteiger partial charge in [-0.3, -0.25) is 9.59 Å². The van der Waals surface area contributed by atoms with Gasteiger partial charge in [0.05, 0.1) is 11.4 Å². The summed E-state index contributed by atoms with van der Waals surface area (Å²) in [5.74, 6) is -0.383. The average Bonchev–Trinajstić information content (AvgIpc) is 2.50. The first-order chi connectivity index (χ1) is 10.2. The van der Waals surface area contributed by atoms with Crippen molar-refractivity contribution < 1.29 is 9.59 Å². The number of nitrogens with one attached hydrogen (secondary N) is 1. The molecule has 1 atom stereocenters. The molecule has 0 radical (unpaired) electrons. The van der Waals surface area contributed by atoms with Gasteiger partial charge in [-0.15, -0.1) is 0 Å². The molecule has 2 aromatic carbocycles. The Labute approximate surface area is 122 Å². The lowest BCUT2D eigenvalue weighted by Crippen LogP contribution is -2.47. The van der Waals surface area contributed by atoms with Gasteiger partial charge in [0.1, 0.15) is 6.04 Å². The Morgan fingerprint density at radius 1 is 1.05 bits per heavy atom. The molecule has 0 fully saturated rings. The maximum Gasteiger partial charge on any atom is 0.217 e. The summed E-state index contributed by atoms with van der Waals surface area (Å²) >= 11 is 0. The van der Waals surface area contributed by atoms with Crippen LogP contribution in [0.1, 0.15) is 22.8 Å². The highest BCUT2D eigenvalue weighted by molar-refractivity contribution is 6.26. The molecule has 4 nitrogen and oxygen atoms in total. The van der Waals surface area contributed by atoms with Crippen LogP contribution in [0.15, 0.2) is 59.6 Å². The van der Waals surface area contributed by atoms with E-state index in [1.54, 1.807) is 18.2 Å². The Balaban J connectivity index is 2.15. The maximum absolute atomic E-state index is 12.6. The summed E-state index contributed by atoms with van der Waals surface area (Å²) in [7, 11) is 0. The van der Waals surface area contributed by atoms with Crippen LogP contribution in [0.3, 0.4) is 0 Å². The van der Waals surface area contributed by atoms with Gasteiger partial charge in [0.25, 0.3) is 0 Å². The molecule has 0 saturated carbocycles. The van der Waals surface area contributed by atoms with Crippen LogP contribution in [0.5, 0.6) is 0 Å². The molecule has 0 aliphatic carbocycles. The number of Topliss-reactive ketones (excluding diaryl/α,β-unsaturated/α-hetero) is 1. The highest BCUT2D eigenvalue weighted by atomic mass is 16.2. The summed E-state index contributed by atoms with van der Waals surface area (Å²) in [5, 5.41) is 2.70. The summed E-state index contributed by atoms with van der Waals surface area (Å²) in [4.78, 5) is 28.7. The monoisotopic (exact) mass is 278 g/mol. The minimum atomic E-state index is -0.736. The third kappa shape index (κ3) is 2.48. The van der Waals surface area contributed by atoms with E-state index >= 15 is 0 Å². The summed E-state index contributed by atoms with van der Waals surface area (Å²) in [6.45, 7) is 1.40. The van der Waals surface area contributed by atoms with E-state index in [1.165, 1.54) is 6.92 Å². The largest absolute Gasteiger partial charge is 0.341 e. The van der Waals surface area contributed by atoms with Crippen LogP contribution in [0.25, 0.3) is 0 Å². The van der Waals surface area contributed by atoms with Crippen molar-refractivity contribution in [1.29, 1.82) is 0 Å². The normalized spacial score (nSPS) is 16.9. The molecule has 21 heavy (non-hydrogen) atoms. The molecule has 3 rings (SSSR count). The fourth-order valence-corrected chi connectivity index (χ4v) is 2.43. The van der Waals surface area contributed by atoms with Gasteiger partial charge in [-0.05, 0) is 17.7 Å². The Morgan fingerprint density at radius 3 is 2.43 bits per heavy atom. The average molecular weight is 278 g/mol. The minimum absolute atomic E-state index is 0.130. The quantitative estimate of drug-likeness (QED) is 0.917. The van der Waals surface area contributed by atoms with Gasteiger partial charge in [0.2, 0.25) is 5.91 Å². The predicted octanol–water partition coefficient (Wildman–Crippen LogP) is 2.51. The number of rotatable bonds is 2. The molecule has 2 aromatic rings. The van der Waals surface area contributed by atoms with Crippen LogP contribution in [-0.4, -0.2) is 23.4 Å². The van der Waals surface area contributed by atoms with Crippen molar-refractivity contribution in [3.05, 3.63) is 65.7 Å². The molecule has 1 amide bonds. The number of hydrogen-bond acceptors (Lipinski definition) is 3. The van der Waals surface area contributed by atoms with Crippen molar-refractivity contribution >= 4 is 23.1 Å². The lowest BCUT2D eigenvalue weighted by molar-refractivity contribution is -0.119. The van der Waals surface area contributed by atoms with E-state index in [2.05, 4.69) is 10.3 Å². The first-order valence-corrected chi connectivity index (χ1v) is 6.71. The zero-order valence-electron chi connectivity index (χ0n) is 11.5. The van der Waals surface area contributed by atoms with Crippen LogP contribution in [0.2, 0.25) is 0 Å². The molecule has 0 bridgehead atoms. The number of carbonyl (C=O) groups is 2. The minimum Gasteiger partial charge on any atom is -0.341 e. The van der Waals surface area contributed by atoms with E-state index in [-0.39, 0.29) is 11.7 Å². The molecule has 1 N–H and O–H groups in total. The van der Waals surface area contributed by atoms with Gasteiger partial charge in [-0.2, -0.15) is 0 Å². The number of carbonyl (C=O) groups excluding carboxylic acids is 2. The molecular weight excluding hydrogens is 264 g/mol. The molecule has 104 valence electrons. The van der Waals surface area contributed by atoms with Crippen molar-refractivity contribution in [2.75, 3.05) is 0 Å². The molecule has 1 aliphatic rings. The standard InChI is InChI=1S/C17H14N2O2/c1-11(20)18-16-15(12-7-3-2-4-8-12)19-14-10-6-5-9-13(14)17(16)21/h2-10,16H,1H3,(H,18,20).